The molecule has 0 saturated heterocycles. The molecule has 0 aliphatic rings. The van der Waals surface area contributed by atoms with Crippen molar-refractivity contribution >= 4 is 11.9 Å². The van der Waals surface area contributed by atoms with Crippen molar-refractivity contribution in [2.45, 2.75) is 33.2 Å². The summed E-state index contributed by atoms with van der Waals surface area (Å²) in [6.45, 7) is 5.46. The van der Waals surface area contributed by atoms with Gasteiger partial charge < -0.3 is 10.4 Å². The molecule has 1 unspecified atom stereocenters. The van der Waals surface area contributed by atoms with Gasteiger partial charge in [0, 0.05) is 6.04 Å². The van der Waals surface area contributed by atoms with Gasteiger partial charge in [-0.1, -0.05) is 32.9 Å². The zero-order valence-electron chi connectivity index (χ0n) is 11.2. The van der Waals surface area contributed by atoms with Crippen LogP contribution in [0, 0.1) is 11.2 Å². The number of carboxylic acid groups (broad SMARTS) is 1. The second-order valence-electron chi connectivity index (χ2n) is 5.47. The van der Waals surface area contributed by atoms with E-state index in [1.807, 2.05) is 20.8 Å². The van der Waals surface area contributed by atoms with Gasteiger partial charge in [-0.3, -0.25) is 9.59 Å². The number of amides is 1. The summed E-state index contributed by atoms with van der Waals surface area (Å²) in [5.74, 6) is -2.23. The van der Waals surface area contributed by atoms with Crippen molar-refractivity contribution in [3.8, 4) is 0 Å². The quantitative estimate of drug-likeness (QED) is 0.880. The van der Waals surface area contributed by atoms with Crippen LogP contribution in [-0.2, 0) is 4.79 Å². The first kappa shape index (κ1) is 15.1. The molecule has 0 fully saturated rings. The van der Waals surface area contributed by atoms with Gasteiger partial charge in [0.05, 0.1) is 12.0 Å². The fraction of sp³-hybridized carbons (Fsp3) is 0.429. The number of carboxylic acids is 1. The van der Waals surface area contributed by atoms with Crippen molar-refractivity contribution in [2.24, 2.45) is 5.41 Å². The van der Waals surface area contributed by atoms with Gasteiger partial charge in [0.15, 0.2) is 0 Å². The molecule has 0 heterocycles. The molecular weight excluding hydrogens is 249 g/mol. The SMILES string of the molecule is CC(C)(C)C(CC(=O)O)NC(=O)c1ccccc1F. The summed E-state index contributed by atoms with van der Waals surface area (Å²) >= 11 is 0. The molecule has 2 N–H and O–H groups in total. The molecule has 0 aliphatic carbocycles. The Morgan fingerprint density at radius 3 is 2.37 bits per heavy atom. The Bertz CT molecular complexity index is 480. The number of benzene rings is 1. The topological polar surface area (TPSA) is 66.4 Å². The second-order valence-corrected chi connectivity index (χ2v) is 5.47. The lowest BCUT2D eigenvalue weighted by molar-refractivity contribution is -0.138. The fourth-order valence-electron chi connectivity index (χ4n) is 1.63. The van der Waals surface area contributed by atoms with Crippen molar-refractivity contribution in [1.29, 1.82) is 0 Å². The summed E-state index contributed by atoms with van der Waals surface area (Å²) in [6.07, 6.45) is -0.205. The van der Waals surface area contributed by atoms with E-state index in [9.17, 15) is 14.0 Å². The Kier molecular flexibility index (Phi) is 4.64. The van der Waals surface area contributed by atoms with E-state index in [0.717, 1.165) is 0 Å². The molecule has 104 valence electrons. The first-order chi connectivity index (χ1) is 8.71. The highest BCUT2D eigenvalue weighted by molar-refractivity contribution is 5.94. The van der Waals surface area contributed by atoms with E-state index in [1.165, 1.54) is 18.2 Å². The van der Waals surface area contributed by atoms with E-state index < -0.39 is 29.2 Å². The highest BCUT2D eigenvalue weighted by Gasteiger charge is 2.29. The summed E-state index contributed by atoms with van der Waals surface area (Å²) in [5.41, 5.74) is -0.513. The predicted octanol–water partition coefficient (Wildman–Crippen LogP) is 2.44. The maximum atomic E-state index is 13.5. The van der Waals surface area contributed by atoms with Gasteiger partial charge in [-0.2, -0.15) is 0 Å². The fourth-order valence-corrected chi connectivity index (χ4v) is 1.63. The van der Waals surface area contributed by atoms with E-state index in [2.05, 4.69) is 5.32 Å². The van der Waals surface area contributed by atoms with Crippen LogP contribution in [0.5, 0.6) is 0 Å². The smallest absolute Gasteiger partial charge is 0.305 e. The minimum Gasteiger partial charge on any atom is -0.481 e. The molecule has 0 saturated carbocycles. The molecule has 5 heteroatoms. The lowest BCUT2D eigenvalue weighted by Crippen LogP contribution is -2.45. The zero-order valence-corrected chi connectivity index (χ0v) is 11.2. The third-order valence-electron chi connectivity index (χ3n) is 2.85. The summed E-state index contributed by atoms with van der Waals surface area (Å²) in [6, 6.07) is 5.03. The second kappa shape index (κ2) is 5.82. The zero-order chi connectivity index (χ0) is 14.6. The van der Waals surface area contributed by atoms with Crippen molar-refractivity contribution in [1.82, 2.24) is 5.32 Å². The van der Waals surface area contributed by atoms with Crippen LogP contribution in [0.25, 0.3) is 0 Å². The van der Waals surface area contributed by atoms with Crippen LogP contribution in [0.2, 0.25) is 0 Å². The monoisotopic (exact) mass is 267 g/mol. The van der Waals surface area contributed by atoms with Crippen molar-refractivity contribution in [3.05, 3.63) is 35.6 Å². The molecular formula is C14H18FNO3. The third kappa shape index (κ3) is 4.35. The maximum absolute atomic E-state index is 13.5. The van der Waals surface area contributed by atoms with Crippen LogP contribution in [0.3, 0.4) is 0 Å². The molecule has 0 radical (unpaired) electrons. The Morgan fingerprint density at radius 1 is 1.32 bits per heavy atom. The van der Waals surface area contributed by atoms with Gasteiger partial charge in [0.1, 0.15) is 5.82 Å². The number of carbonyl (C=O) groups is 2. The van der Waals surface area contributed by atoms with Crippen LogP contribution in [0.1, 0.15) is 37.6 Å². The largest absolute Gasteiger partial charge is 0.481 e. The molecule has 0 bridgehead atoms. The number of halogens is 1. The molecule has 1 rings (SSSR count). The van der Waals surface area contributed by atoms with E-state index in [4.69, 9.17) is 5.11 Å². The Balaban J connectivity index is 2.88. The van der Waals surface area contributed by atoms with E-state index in [0.29, 0.717) is 0 Å². The van der Waals surface area contributed by atoms with Crippen molar-refractivity contribution in [2.75, 3.05) is 0 Å². The number of nitrogens with one attached hydrogen (secondary N) is 1. The van der Waals surface area contributed by atoms with E-state index in [1.54, 1.807) is 6.07 Å². The van der Waals surface area contributed by atoms with Gasteiger partial charge in [-0.25, -0.2) is 4.39 Å². The molecule has 0 spiro atoms. The maximum Gasteiger partial charge on any atom is 0.305 e. The number of rotatable bonds is 4. The summed E-state index contributed by atoms with van der Waals surface area (Å²) in [4.78, 5) is 22.8. The molecule has 19 heavy (non-hydrogen) atoms. The van der Waals surface area contributed by atoms with Crippen LogP contribution >= 0.6 is 0 Å². The van der Waals surface area contributed by atoms with Crippen LogP contribution in [0.4, 0.5) is 4.39 Å². The Morgan fingerprint density at radius 2 is 1.89 bits per heavy atom. The first-order valence-corrected chi connectivity index (χ1v) is 5.99. The van der Waals surface area contributed by atoms with Gasteiger partial charge in [0.25, 0.3) is 5.91 Å². The predicted molar refractivity (Wildman–Crippen MR) is 69.4 cm³/mol. The lowest BCUT2D eigenvalue weighted by Gasteiger charge is -2.30. The lowest BCUT2D eigenvalue weighted by atomic mass is 9.84. The number of hydrogen-bond acceptors (Lipinski definition) is 2. The minimum absolute atomic E-state index is 0.0814. The normalized spacial score (nSPS) is 12.8. The molecule has 1 atom stereocenters. The Labute approximate surface area is 111 Å². The first-order valence-electron chi connectivity index (χ1n) is 5.99. The highest BCUT2D eigenvalue weighted by Crippen LogP contribution is 2.22. The van der Waals surface area contributed by atoms with Gasteiger partial charge in [-0.15, -0.1) is 0 Å². The van der Waals surface area contributed by atoms with Gasteiger partial charge >= 0.3 is 5.97 Å². The summed E-state index contributed by atoms with van der Waals surface area (Å²) in [7, 11) is 0. The molecule has 0 aliphatic heterocycles. The Hall–Kier alpha value is -1.91. The van der Waals surface area contributed by atoms with Crippen LogP contribution in [0.15, 0.2) is 24.3 Å². The minimum atomic E-state index is -1.01. The van der Waals surface area contributed by atoms with Crippen molar-refractivity contribution < 1.29 is 19.1 Å². The average molecular weight is 267 g/mol. The summed E-state index contributed by atoms with van der Waals surface area (Å²) in [5, 5.41) is 11.4. The molecule has 1 amide bonds. The van der Waals surface area contributed by atoms with Crippen LogP contribution < -0.4 is 5.32 Å². The molecule has 0 aromatic heterocycles. The average Bonchev–Trinajstić information content (AvgIpc) is 2.26. The number of hydrogen-bond donors (Lipinski definition) is 2. The molecule has 1 aromatic rings. The van der Waals surface area contributed by atoms with E-state index >= 15 is 0 Å². The van der Waals surface area contributed by atoms with Crippen LogP contribution in [-0.4, -0.2) is 23.0 Å². The highest BCUT2D eigenvalue weighted by atomic mass is 19.1. The number of aliphatic carboxylic acids is 1. The van der Waals surface area contributed by atoms with Gasteiger partial charge in [-0.05, 0) is 17.5 Å². The van der Waals surface area contributed by atoms with Gasteiger partial charge in [0.2, 0.25) is 0 Å². The number of carbonyl (C=O) groups excluding carboxylic acids is 1. The molecule has 1 aromatic carbocycles. The van der Waals surface area contributed by atoms with Crippen molar-refractivity contribution in [3.63, 3.8) is 0 Å². The standard InChI is InChI=1S/C14H18FNO3/c1-14(2,3)11(8-12(17)18)16-13(19)9-6-4-5-7-10(9)15/h4-7,11H,8H2,1-3H3,(H,16,19)(H,17,18). The molecule has 4 nitrogen and oxygen atoms in total. The third-order valence-corrected chi connectivity index (χ3v) is 2.85. The van der Waals surface area contributed by atoms with E-state index in [-0.39, 0.29) is 12.0 Å². The summed E-state index contributed by atoms with van der Waals surface area (Å²) < 4.78 is 13.5.